The zero-order valence-corrected chi connectivity index (χ0v) is 12.2. The van der Waals surface area contributed by atoms with Crippen molar-refractivity contribution in [2.24, 2.45) is 0 Å². The van der Waals surface area contributed by atoms with E-state index in [9.17, 15) is 0 Å². The lowest BCUT2D eigenvalue weighted by Gasteiger charge is -2.11. The predicted molar refractivity (Wildman–Crippen MR) is 82.3 cm³/mol. The Morgan fingerprint density at radius 2 is 1.83 bits per heavy atom. The van der Waals surface area contributed by atoms with Gasteiger partial charge in [0, 0.05) is 12.2 Å². The summed E-state index contributed by atoms with van der Waals surface area (Å²) in [5.41, 5.74) is 5.33. The second-order valence-electron chi connectivity index (χ2n) is 5.30. The lowest BCUT2D eigenvalue weighted by Crippen LogP contribution is -2.03. The highest BCUT2D eigenvalue weighted by Gasteiger charge is 1.99. The highest BCUT2D eigenvalue weighted by atomic mass is 14.9. The molecular formula is C17H27N. The van der Waals surface area contributed by atoms with E-state index in [0.29, 0.717) is 0 Å². The zero-order chi connectivity index (χ0) is 13.4. The molecule has 0 aliphatic heterocycles. The molecule has 0 aromatic heterocycles. The Morgan fingerprint density at radius 3 is 2.56 bits per heavy atom. The third-order valence-corrected chi connectivity index (χ3v) is 3.45. The van der Waals surface area contributed by atoms with Gasteiger partial charge >= 0.3 is 0 Å². The van der Waals surface area contributed by atoms with Crippen LogP contribution in [0.2, 0.25) is 0 Å². The largest absolute Gasteiger partial charge is 0.385 e. The third-order valence-electron chi connectivity index (χ3n) is 3.45. The van der Waals surface area contributed by atoms with E-state index >= 15 is 0 Å². The second kappa shape index (κ2) is 7.97. The summed E-state index contributed by atoms with van der Waals surface area (Å²) in [5.74, 6) is 0. The summed E-state index contributed by atoms with van der Waals surface area (Å²) < 4.78 is 0. The summed E-state index contributed by atoms with van der Waals surface area (Å²) in [5, 5.41) is 3.54. The van der Waals surface area contributed by atoms with Crippen LogP contribution in [0.15, 0.2) is 30.4 Å². The first kappa shape index (κ1) is 14.8. The Hall–Kier alpha value is -1.24. The van der Waals surface area contributed by atoms with Gasteiger partial charge in [-0.05, 0) is 57.2 Å². The SMILES string of the molecule is C=C(C)CCCCCCNc1cccc(C)c1C. The van der Waals surface area contributed by atoms with Crippen LogP contribution in [0.5, 0.6) is 0 Å². The van der Waals surface area contributed by atoms with Crippen molar-refractivity contribution in [1.82, 2.24) is 0 Å². The molecule has 0 unspecified atom stereocenters. The Kier molecular flexibility index (Phi) is 6.56. The average Bonchev–Trinajstić information content (AvgIpc) is 2.32. The summed E-state index contributed by atoms with van der Waals surface area (Å²) in [6.07, 6.45) is 6.36. The fourth-order valence-electron chi connectivity index (χ4n) is 2.07. The minimum atomic E-state index is 1.08. The second-order valence-corrected chi connectivity index (χ2v) is 5.30. The van der Waals surface area contributed by atoms with Crippen molar-refractivity contribution < 1.29 is 0 Å². The highest BCUT2D eigenvalue weighted by molar-refractivity contribution is 5.53. The fraction of sp³-hybridized carbons (Fsp3) is 0.529. The number of aryl methyl sites for hydroxylation is 1. The number of benzene rings is 1. The maximum atomic E-state index is 3.93. The molecule has 0 saturated heterocycles. The number of hydrogen-bond donors (Lipinski definition) is 1. The monoisotopic (exact) mass is 245 g/mol. The van der Waals surface area contributed by atoms with Crippen molar-refractivity contribution in [2.45, 2.75) is 52.9 Å². The molecule has 0 saturated carbocycles. The number of rotatable bonds is 8. The van der Waals surface area contributed by atoms with Gasteiger partial charge in [-0.15, -0.1) is 6.58 Å². The Balaban J connectivity index is 2.14. The van der Waals surface area contributed by atoms with Crippen LogP contribution in [0.25, 0.3) is 0 Å². The number of hydrogen-bond acceptors (Lipinski definition) is 1. The number of nitrogens with one attached hydrogen (secondary N) is 1. The van der Waals surface area contributed by atoms with E-state index in [4.69, 9.17) is 0 Å². The maximum Gasteiger partial charge on any atom is 0.0372 e. The van der Waals surface area contributed by atoms with Crippen LogP contribution < -0.4 is 5.32 Å². The van der Waals surface area contributed by atoms with Crippen LogP contribution in [0.1, 0.15) is 50.2 Å². The molecule has 0 aliphatic carbocycles. The molecule has 1 aromatic rings. The van der Waals surface area contributed by atoms with Gasteiger partial charge < -0.3 is 5.32 Å². The van der Waals surface area contributed by atoms with Crippen LogP contribution in [0.4, 0.5) is 5.69 Å². The quantitative estimate of drug-likeness (QED) is 0.487. The smallest absolute Gasteiger partial charge is 0.0372 e. The molecule has 0 atom stereocenters. The van der Waals surface area contributed by atoms with E-state index in [-0.39, 0.29) is 0 Å². The van der Waals surface area contributed by atoms with Gasteiger partial charge in [0.25, 0.3) is 0 Å². The molecule has 0 fully saturated rings. The minimum absolute atomic E-state index is 1.08. The summed E-state index contributed by atoms with van der Waals surface area (Å²) >= 11 is 0. The van der Waals surface area contributed by atoms with Gasteiger partial charge in [-0.1, -0.05) is 30.5 Å². The normalized spacial score (nSPS) is 10.4. The Labute approximate surface area is 112 Å². The van der Waals surface area contributed by atoms with E-state index in [1.165, 1.54) is 54.5 Å². The lowest BCUT2D eigenvalue weighted by molar-refractivity contribution is 0.653. The standard InChI is InChI=1S/C17H27N/c1-14(2)10-7-5-6-8-13-18-17-12-9-11-15(3)16(17)4/h9,11-12,18H,1,5-8,10,13H2,2-4H3. The Bertz CT molecular complexity index is 379. The average molecular weight is 245 g/mol. The fourth-order valence-corrected chi connectivity index (χ4v) is 2.07. The van der Waals surface area contributed by atoms with Crippen molar-refractivity contribution >= 4 is 5.69 Å². The number of unbranched alkanes of at least 4 members (excludes halogenated alkanes) is 3. The molecule has 1 aromatic carbocycles. The molecule has 0 amide bonds. The van der Waals surface area contributed by atoms with Crippen LogP contribution in [-0.2, 0) is 0 Å². The van der Waals surface area contributed by atoms with Gasteiger partial charge in [0.2, 0.25) is 0 Å². The molecule has 1 heteroatoms. The number of allylic oxidation sites excluding steroid dienone is 1. The molecule has 0 bridgehead atoms. The molecule has 1 nitrogen and oxygen atoms in total. The first-order chi connectivity index (χ1) is 8.61. The van der Waals surface area contributed by atoms with Crippen LogP contribution in [-0.4, -0.2) is 6.54 Å². The van der Waals surface area contributed by atoms with Crippen molar-refractivity contribution in [2.75, 3.05) is 11.9 Å². The van der Waals surface area contributed by atoms with Gasteiger partial charge in [-0.2, -0.15) is 0 Å². The maximum absolute atomic E-state index is 3.93. The minimum Gasteiger partial charge on any atom is -0.385 e. The first-order valence-electron chi connectivity index (χ1n) is 7.05. The first-order valence-corrected chi connectivity index (χ1v) is 7.05. The summed E-state index contributed by atoms with van der Waals surface area (Å²) in [4.78, 5) is 0. The summed E-state index contributed by atoms with van der Waals surface area (Å²) in [7, 11) is 0. The van der Waals surface area contributed by atoms with Gasteiger partial charge in [0.05, 0.1) is 0 Å². The van der Waals surface area contributed by atoms with Gasteiger partial charge in [-0.3, -0.25) is 0 Å². The molecule has 0 radical (unpaired) electrons. The zero-order valence-electron chi connectivity index (χ0n) is 12.2. The lowest BCUT2D eigenvalue weighted by atomic mass is 10.1. The van der Waals surface area contributed by atoms with Crippen molar-refractivity contribution in [3.8, 4) is 0 Å². The van der Waals surface area contributed by atoms with E-state index < -0.39 is 0 Å². The van der Waals surface area contributed by atoms with E-state index in [1.807, 2.05) is 0 Å². The summed E-state index contributed by atoms with van der Waals surface area (Å²) in [6.45, 7) is 11.5. The molecule has 1 rings (SSSR count). The molecule has 0 spiro atoms. The van der Waals surface area contributed by atoms with Crippen molar-refractivity contribution in [3.63, 3.8) is 0 Å². The third kappa shape index (κ3) is 5.39. The topological polar surface area (TPSA) is 12.0 Å². The molecule has 0 heterocycles. The molecular weight excluding hydrogens is 218 g/mol. The van der Waals surface area contributed by atoms with Crippen LogP contribution in [0, 0.1) is 13.8 Å². The molecule has 0 aliphatic rings. The predicted octanol–water partition coefficient (Wildman–Crippen LogP) is 5.24. The number of anilines is 1. The van der Waals surface area contributed by atoms with Gasteiger partial charge in [0.1, 0.15) is 0 Å². The summed E-state index contributed by atoms with van der Waals surface area (Å²) in [6, 6.07) is 6.46. The van der Waals surface area contributed by atoms with E-state index in [1.54, 1.807) is 0 Å². The highest BCUT2D eigenvalue weighted by Crippen LogP contribution is 2.18. The van der Waals surface area contributed by atoms with E-state index in [0.717, 1.165) is 6.54 Å². The Morgan fingerprint density at radius 1 is 1.11 bits per heavy atom. The van der Waals surface area contributed by atoms with Gasteiger partial charge in [-0.25, -0.2) is 0 Å². The van der Waals surface area contributed by atoms with Gasteiger partial charge in [0.15, 0.2) is 0 Å². The molecule has 1 N–H and O–H groups in total. The van der Waals surface area contributed by atoms with Crippen LogP contribution in [0.3, 0.4) is 0 Å². The van der Waals surface area contributed by atoms with Crippen LogP contribution >= 0.6 is 0 Å². The van der Waals surface area contributed by atoms with Crippen molar-refractivity contribution in [3.05, 3.63) is 41.5 Å². The molecule has 100 valence electrons. The van der Waals surface area contributed by atoms with E-state index in [2.05, 4.69) is 50.9 Å². The van der Waals surface area contributed by atoms with Crippen molar-refractivity contribution in [1.29, 1.82) is 0 Å². The molecule has 18 heavy (non-hydrogen) atoms.